The predicted octanol–water partition coefficient (Wildman–Crippen LogP) is 0.347. The monoisotopic (exact) mass is 645 g/mol. The maximum atomic E-state index is 14.4. The summed E-state index contributed by atoms with van der Waals surface area (Å²) in [4.78, 5) is 75.9. The Bertz CT molecular complexity index is 1680. The van der Waals surface area contributed by atoms with E-state index in [0.717, 1.165) is 38.3 Å². The van der Waals surface area contributed by atoms with E-state index in [1.807, 2.05) is 49.3 Å². The van der Waals surface area contributed by atoms with Gasteiger partial charge in [0, 0.05) is 64.0 Å². The molecule has 0 aromatic heterocycles. The van der Waals surface area contributed by atoms with Gasteiger partial charge in [-0.15, -0.1) is 0 Å². The number of ketones is 4. The van der Waals surface area contributed by atoms with Crippen LogP contribution in [0.1, 0.15) is 27.9 Å². The van der Waals surface area contributed by atoms with Gasteiger partial charge in [-0.2, -0.15) is 0 Å². The third kappa shape index (κ3) is 5.18. The van der Waals surface area contributed by atoms with Crippen LogP contribution in [0, 0.1) is 23.7 Å². The van der Waals surface area contributed by atoms with E-state index < -0.39 is 64.4 Å². The number of hydrogen-bond acceptors (Lipinski definition) is 11. The number of aliphatic hydroxyl groups is 1. The van der Waals surface area contributed by atoms with E-state index in [1.165, 1.54) is 4.90 Å². The quantitative estimate of drug-likeness (QED) is 0.371. The van der Waals surface area contributed by atoms with Gasteiger partial charge in [-0.3, -0.25) is 33.8 Å². The standard InChI is InChI=1S/C35H43N5O7/c1-37(2)24-16-21(19-8-6-7-18(13-19)17-40-11-9-39(5)10-12-40)29(41)26-22(24)14-20-15-23-28(38(3)4)31(43)27(34(36)46)33(45)35(23,47)32(44)25(20)30(26)42/h6-8,13,16,20,23,25,27-28,41,47H,9-12,14-15,17H2,1-5H3,(H2,36,46)/t20-,23-,25?,27?,28-,35-/m1/s1. The second kappa shape index (κ2) is 11.9. The van der Waals surface area contributed by atoms with Crippen LogP contribution in [0.3, 0.4) is 0 Å². The summed E-state index contributed by atoms with van der Waals surface area (Å²) in [5, 5.41) is 23.7. The second-order valence-electron chi connectivity index (χ2n) is 14.1. The molecule has 47 heavy (non-hydrogen) atoms. The summed E-state index contributed by atoms with van der Waals surface area (Å²) < 4.78 is 0. The number of primary amides is 1. The summed E-state index contributed by atoms with van der Waals surface area (Å²) in [6.07, 6.45) is 0.213. The zero-order valence-electron chi connectivity index (χ0n) is 27.5. The number of phenolic OH excluding ortho intramolecular Hbond substituents is 1. The van der Waals surface area contributed by atoms with Crippen molar-refractivity contribution in [3.8, 4) is 16.9 Å². The summed E-state index contributed by atoms with van der Waals surface area (Å²) in [7, 11) is 8.92. The lowest BCUT2D eigenvalue weighted by molar-refractivity contribution is -0.181. The average Bonchev–Trinajstić information content (AvgIpc) is 3.00. The highest BCUT2D eigenvalue weighted by atomic mass is 16.3. The Kier molecular flexibility index (Phi) is 8.36. The number of aromatic hydroxyl groups is 1. The number of nitrogens with two attached hydrogens (primary N) is 1. The fourth-order valence-corrected chi connectivity index (χ4v) is 8.37. The van der Waals surface area contributed by atoms with Crippen molar-refractivity contribution >= 4 is 34.7 Å². The van der Waals surface area contributed by atoms with Crippen LogP contribution in [-0.4, -0.2) is 127 Å². The van der Waals surface area contributed by atoms with E-state index >= 15 is 0 Å². The highest BCUT2D eigenvalue weighted by Gasteiger charge is 2.69. The number of fused-ring (bicyclic) bond motifs is 3. The Morgan fingerprint density at radius 1 is 1.02 bits per heavy atom. The lowest BCUT2D eigenvalue weighted by atomic mass is 9.52. The highest BCUT2D eigenvalue weighted by molar-refractivity contribution is 6.32. The Hall–Kier alpha value is -3.97. The maximum Gasteiger partial charge on any atom is 0.235 e. The molecule has 1 aliphatic heterocycles. The van der Waals surface area contributed by atoms with Crippen molar-refractivity contribution < 1.29 is 34.2 Å². The van der Waals surface area contributed by atoms with Gasteiger partial charge in [0.05, 0.1) is 17.5 Å². The molecule has 1 saturated heterocycles. The number of Topliss-reactive ketones (excluding diaryl/α,β-unsaturated/α-hetero) is 4. The van der Waals surface area contributed by atoms with Gasteiger partial charge in [0.15, 0.2) is 34.7 Å². The molecule has 12 nitrogen and oxygen atoms in total. The Morgan fingerprint density at radius 3 is 2.32 bits per heavy atom. The Labute approximate surface area is 274 Å². The first-order valence-corrected chi connectivity index (χ1v) is 16.1. The fourth-order valence-electron chi connectivity index (χ4n) is 8.37. The minimum atomic E-state index is -2.76. The van der Waals surface area contributed by atoms with Crippen LogP contribution in [0.15, 0.2) is 30.3 Å². The lowest BCUT2D eigenvalue weighted by Crippen LogP contribution is -2.74. The fraction of sp³-hybridized carbons (Fsp3) is 0.514. The molecule has 0 spiro atoms. The number of carbonyl (C=O) groups excluding carboxylic acids is 5. The minimum absolute atomic E-state index is 0.00755. The second-order valence-corrected chi connectivity index (χ2v) is 14.1. The topological polar surface area (TPSA) is 165 Å². The van der Waals surface area contributed by atoms with Gasteiger partial charge in [-0.25, -0.2) is 0 Å². The highest BCUT2D eigenvalue weighted by Crippen LogP contribution is 2.53. The molecule has 2 aromatic carbocycles. The molecule has 0 radical (unpaired) electrons. The molecule has 1 heterocycles. The molecule has 0 bridgehead atoms. The van der Waals surface area contributed by atoms with Crippen LogP contribution in [0.25, 0.3) is 11.1 Å². The maximum absolute atomic E-state index is 14.4. The Morgan fingerprint density at radius 2 is 1.70 bits per heavy atom. The van der Waals surface area contributed by atoms with Crippen LogP contribution in [-0.2, 0) is 32.1 Å². The van der Waals surface area contributed by atoms with Crippen LogP contribution in [0.5, 0.6) is 5.75 Å². The first kappa shape index (κ1) is 33.0. The number of amides is 1. The van der Waals surface area contributed by atoms with E-state index in [2.05, 4.69) is 16.8 Å². The van der Waals surface area contributed by atoms with Crippen LogP contribution < -0.4 is 10.6 Å². The van der Waals surface area contributed by atoms with Crippen LogP contribution in [0.2, 0.25) is 0 Å². The third-order valence-electron chi connectivity index (χ3n) is 10.8. The number of phenols is 1. The zero-order valence-corrected chi connectivity index (χ0v) is 27.5. The van der Waals surface area contributed by atoms with Crippen molar-refractivity contribution in [1.29, 1.82) is 0 Å². The van der Waals surface area contributed by atoms with Gasteiger partial charge >= 0.3 is 0 Å². The number of rotatable bonds is 6. The van der Waals surface area contributed by atoms with Gasteiger partial charge in [-0.1, -0.05) is 18.2 Å². The van der Waals surface area contributed by atoms with Crippen molar-refractivity contribution in [3.63, 3.8) is 0 Å². The number of likely N-dealkylation sites (N-methyl/N-ethyl adjacent to an activating group) is 2. The number of hydrogen-bond donors (Lipinski definition) is 3. The number of piperazine rings is 1. The molecule has 2 saturated carbocycles. The SMILES string of the molecule is CN1CCN(Cc2cccc(-c3cc(N(C)C)c4c(c3O)C(=O)C3C(=O)[C@@]5(O)C(=O)C(C(N)=O)C(=O)[C@H](N(C)C)[C@H]5C[C@H]3C4)c2)CC1. The molecule has 3 fully saturated rings. The van der Waals surface area contributed by atoms with E-state index in [0.29, 0.717) is 22.4 Å². The predicted molar refractivity (Wildman–Crippen MR) is 174 cm³/mol. The average molecular weight is 646 g/mol. The van der Waals surface area contributed by atoms with E-state index in [-0.39, 0.29) is 24.2 Å². The molecule has 6 atom stereocenters. The first-order chi connectivity index (χ1) is 22.2. The summed E-state index contributed by atoms with van der Waals surface area (Å²) in [6, 6.07) is 8.53. The molecule has 1 amide bonds. The van der Waals surface area contributed by atoms with Crippen LogP contribution >= 0.6 is 0 Å². The normalized spacial score (nSPS) is 29.8. The minimum Gasteiger partial charge on any atom is -0.507 e. The van der Waals surface area contributed by atoms with Gasteiger partial charge in [0.1, 0.15) is 5.75 Å². The number of benzene rings is 2. The van der Waals surface area contributed by atoms with Crippen molar-refractivity contribution in [2.75, 3.05) is 66.3 Å². The summed E-state index contributed by atoms with van der Waals surface area (Å²) in [6.45, 7) is 4.59. The molecule has 12 heteroatoms. The molecule has 3 aliphatic carbocycles. The van der Waals surface area contributed by atoms with Gasteiger partial charge in [0.2, 0.25) is 5.91 Å². The van der Waals surface area contributed by atoms with E-state index in [1.54, 1.807) is 14.1 Å². The molecule has 2 aromatic rings. The van der Waals surface area contributed by atoms with Crippen LogP contribution in [0.4, 0.5) is 5.69 Å². The Balaban J connectivity index is 1.42. The van der Waals surface area contributed by atoms with Crippen molar-refractivity contribution in [1.82, 2.24) is 14.7 Å². The molecular weight excluding hydrogens is 602 g/mol. The molecule has 6 rings (SSSR count). The molecule has 4 N–H and O–H groups in total. The first-order valence-electron chi connectivity index (χ1n) is 16.1. The molecule has 250 valence electrons. The number of carbonyl (C=O) groups is 5. The smallest absolute Gasteiger partial charge is 0.235 e. The van der Waals surface area contributed by atoms with Crippen molar-refractivity contribution in [3.05, 3.63) is 47.0 Å². The number of anilines is 1. The third-order valence-corrected chi connectivity index (χ3v) is 10.8. The van der Waals surface area contributed by atoms with E-state index in [4.69, 9.17) is 5.73 Å². The molecule has 2 unspecified atom stereocenters. The zero-order chi connectivity index (χ0) is 34.1. The van der Waals surface area contributed by atoms with E-state index in [9.17, 15) is 34.2 Å². The van der Waals surface area contributed by atoms with Gasteiger partial charge in [0.25, 0.3) is 0 Å². The summed E-state index contributed by atoms with van der Waals surface area (Å²) in [5.74, 6) is -10.6. The summed E-state index contributed by atoms with van der Waals surface area (Å²) >= 11 is 0. The largest absolute Gasteiger partial charge is 0.507 e. The summed E-state index contributed by atoms with van der Waals surface area (Å²) in [5.41, 5.74) is 6.13. The van der Waals surface area contributed by atoms with Crippen molar-refractivity contribution in [2.45, 2.75) is 31.0 Å². The van der Waals surface area contributed by atoms with Gasteiger partial charge < -0.3 is 25.7 Å². The lowest BCUT2D eigenvalue weighted by Gasteiger charge is -2.52. The molecule has 4 aliphatic rings. The molecular formula is C35H43N5O7. The number of nitrogens with zero attached hydrogens (tertiary/aromatic N) is 4. The van der Waals surface area contributed by atoms with Gasteiger partial charge in [-0.05, 0) is 68.7 Å². The van der Waals surface area contributed by atoms with Crippen molar-refractivity contribution in [2.24, 2.45) is 29.4 Å².